The molecule has 86 valence electrons. The van der Waals surface area contributed by atoms with Crippen molar-refractivity contribution in [2.24, 2.45) is 0 Å². The Morgan fingerprint density at radius 1 is 1.38 bits per heavy atom. The number of carbonyl (C=O) groups is 2. The minimum atomic E-state index is -1.12. The lowest BCUT2D eigenvalue weighted by atomic mass is 10.2. The van der Waals surface area contributed by atoms with Gasteiger partial charge in [-0.05, 0) is 25.1 Å². The number of hydrogen-bond donors (Lipinski definition) is 2. The van der Waals surface area contributed by atoms with E-state index in [0.29, 0.717) is 5.02 Å². The van der Waals surface area contributed by atoms with Crippen molar-refractivity contribution < 1.29 is 14.7 Å². The molecule has 0 saturated heterocycles. The third kappa shape index (κ3) is 3.12. The van der Waals surface area contributed by atoms with Gasteiger partial charge in [0.05, 0.1) is 10.6 Å². The van der Waals surface area contributed by atoms with Crippen molar-refractivity contribution >= 4 is 35.1 Å². The zero-order chi connectivity index (χ0) is 12.3. The van der Waals surface area contributed by atoms with E-state index in [0.717, 1.165) is 0 Å². The van der Waals surface area contributed by atoms with Gasteiger partial charge >= 0.3 is 5.97 Å². The van der Waals surface area contributed by atoms with Gasteiger partial charge in [-0.3, -0.25) is 9.59 Å². The predicted octanol–water partition coefficient (Wildman–Crippen LogP) is 2.20. The van der Waals surface area contributed by atoms with E-state index in [2.05, 4.69) is 5.32 Å². The Bertz CT molecular complexity index is 434. The van der Waals surface area contributed by atoms with Crippen LogP contribution >= 0.6 is 23.2 Å². The quantitative estimate of drug-likeness (QED) is 0.877. The third-order valence-electron chi connectivity index (χ3n) is 1.89. The lowest BCUT2D eigenvalue weighted by Crippen LogP contribution is -2.38. The number of halogens is 2. The molecule has 6 heteroatoms. The SMILES string of the molecule is C[C@@H](NC(=O)c1cc(Cl)ccc1Cl)C(=O)O. The van der Waals surface area contributed by atoms with E-state index in [9.17, 15) is 9.59 Å². The van der Waals surface area contributed by atoms with Crippen LogP contribution in [-0.2, 0) is 4.79 Å². The summed E-state index contributed by atoms with van der Waals surface area (Å²) in [5.74, 6) is -1.69. The van der Waals surface area contributed by atoms with Crippen molar-refractivity contribution in [2.75, 3.05) is 0 Å². The second kappa shape index (κ2) is 5.18. The zero-order valence-electron chi connectivity index (χ0n) is 8.33. The van der Waals surface area contributed by atoms with Crippen LogP contribution in [0.2, 0.25) is 10.0 Å². The van der Waals surface area contributed by atoms with Gasteiger partial charge in [0.2, 0.25) is 0 Å². The Hall–Kier alpha value is -1.26. The standard InChI is InChI=1S/C10H9Cl2NO3/c1-5(10(15)16)13-9(14)7-4-6(11)2-3-8(7)12/h2-5H,1H3,(H,13,14)(H,15,16)/t5-/m1/s1. The first-order valence-electron chi connectivity index (χ1n) is 4.40. The predicted molar refractivity (Wildman–Crippen MR) is 61.0 cm³/mol. The van der Waals surface area contributed by atoms with Gasteiger partial charge in [-0.25, -0.2) is 0 Å². The molecule has 0 saturated carbocycles. The summed E-state index contributed by atoms with van der Waals surface area (Å²) < 4.78 is 0. The van der Waals surface area contributed by atoms with Gasteiger partial charge in [0.1, 0.15) is 6.04 Å². The molecule has 0 aliphatic carbocycles. The molecule has 1 aromatic carbocycles. The average Bonchev–Trinajstić information content (AvgIpc) is 2.21. The molecule has 0 spiro atoms. The van der Waals surface area contributed by atoms with Crippen LogP contribution in [0.4, 0.5) is 0 Å². The Morgan fingerprint density at radius 3 is 2.56 bits per heavy atom. The molecule has 1 amide bonds. The Balaban J connectivity index is 2.88. The number of aliphatic carboxylic acids is 1. The van der Waals surface area contributed by atoms with E-state index in [4.69, 9.17) is 28.3 Å². The van der Waals surface area contributed by atoms with Crippen LogP contribution in [-0.4, -0.2) is 23.0 Å². The minimum Gasteiger partial charge on any atom is -0.480 e. The third-order valence-corrected chi connectivity index (χ3v) is 2.46. The highest BCUT2D eigenvalue weighted by Gasteiger charge is 2.17. The number of carbonyl (C=O) groups excluding carboxylic acids is 1. The smallest absolute Gasteiger partial charge is 0.325 e. The van der Waals surface area contributed by atoms with E-state index in [1.165, 1.54) is 19.1 Å². The van der Waals surface area contributed by atoms with E-state index in [1.807, 2.05) is 0 Å². The largest absolute Gasteiger partial charge is 0.480 e. The van der Waals surface area contributed by atoms with Crippen LogP contribution in [0.3, 0.4) is 0 Å². The number of amides is 1. The maximum absolute atomic E-state index is 11.6. The van der Waals surface area contributed by atoms with E-state index in [-0.39, 0.29) is 10.6 Å². The second-order valence-electron chi connectivity index (χ2n) is 3.16. The molecule has 0 aliphatic heterocycles. The maximum atomic E-state index is 11.6. The maximum Gasteiger partial charge on any atom is 0.325 e. The highest BCUT2D eigenvalue weighted by molar-refractivity contribution is 6.35. The Morgan fingerprint density at radius 2 is 2.00 bits per heavy atom. The molecule has 0 radical (unpaired) electrons. The van der Waals surface area contributed by atoms with Crippen molar-refractivity contribution in [3.63, 3.8) is 0 Å². The van der Waals surface area contributed by atoms with Gasteiger partial charge in [0, 0.05) is 5.02 Å². The summed E-state index contributed by atoms with van der Waals surface area (Å²) in [5, 5.41) is 11.5. The van der Waals surface area contributed by atoms with E-state index >= 15 is 0 Å². The van der Waals surface area contributed by atoms with Gasteiger partial charge in [-0.1, -0.05) is 23.2 Å². The summed E-state index contributed by atoms with van der Waals surface area (Å²) in [6, 6.07) is 3.42. The van der Waals surface area contributed by atoms with Gasteiger partial charge in [0.25, 0.3) is 5.91 Å². The van der Waals surface area contributed by atoms with E-state index in [1.54, 1.807) is 6.07 Å². The summed E-state index contributed by atoms with van der Waals surface area (Å²) in [6.07, 6.45) is 0. The van der Waals surface area contributed by atoms with Crippen molar-refractivity contribution in [1.29, 1.82) is 0 Å². The Kier molecular flexibility index (Phi) is 4.15. The van der Waals surface area contributed by atoms with Crippen molar-refractivity contribution in [3.05, 3.63) is 33.8 Å². The van der Waals surface area contributed by atoms with E-state index < -0.39 is 17.9 Å². The summed E-state index contributed by atoms with van der Waals surface area (Å²) >= 11 is 11.5. The summed E-state index contributed by atoms with van der Waals surface area (Å²) in [7, 11) is 0. The van der Waals surface area contributed by atoms with Gasteiger partial charge < -0.3 is 10.4 Å². The normalized spacial score (nSPS) is 11.9. The summed E-state index contributed by atoms with van der Waals surface area (Å²) in [4.78, 5) is 22.2. The molecule has 0 heterocycles. The van der Waals surface area contributed by atoms with Crippen LogP contribution < -0.4 is 5.32 Å². The first-order chi connectivity index (χ1) is 7.41. The number of benzene rings is 1. The minimum absolute atomic E-state index is 0.155. The topological polar surface area (TPSA) is 66.4 Å². The molecule has 0 aromatic heterocycles. The van der Waals surface area contributed by atoms with Gasteiger partial charge in [-0.15, -0.1) is 0 Å². The number of rotatable bonds is 3. The van der Waals surface area contributed by atoms with Crippen LogP contribution in [0.5, 0.6) is 0 Å². The van der Waals surface area contributed by atoms with Gasteiger partial charge in [-0.2, -0.15) is 0 Å². The molecule has 0 bridgehead atoms. The molecule has 1 atom stereocenters. The molecular weight excluding hydrogens is 253 g/mol. The first kappa shape index (κ1) is 12.8. The van der Waals surface area contributed by atoms with Gasteiger partial charge in [0.15, 0.2) is 0 Å². The van der Waals surface area contributed by atoms with Crippen molar-refractivity contribution in [1.82, 2.24) is 5.32 Å². The Labute approximate surface area is 102 Å². The number of carboxylic acid groups (broad SMARTS) is 1. The lowest BCUT2D eigenvalue weighted by Gasteiger charge is -2.10. The highest BCUT2D eigenvalue weighted by atomic mass is 35.5. The molecular formula is C10H9Cl2NO3. The highest BCUT2D eigenvalue weighted by Crippen LogP contribution is 2.20. The van der Waals surface area contributed by atoms with Crippen LogP contribution in [0.15, 0.2) is 18.2 Å². The summed E-state index contributed by atoms with van der Waals surface area (Å²) in [6.45, 7) is 1.36. The molecule has 4 nitrogen and oxygen atoms in total. The molecule has 0 unspecified atom stereocenters. The molecule has 0 aliphatic rings. The fourth-order valence-electron chi connectivity index (χ4n) is 1.01. The molecule has 0 fully saturated rings. The summed E-state index contributed by atoms with van der Waals surface area (Å²) in [5.41, 5.74) is 0.155. The van der Waals surface area contributed by atoms with Crippen molar-refractivity contribution in [2.45, 2.75) is 13.0 Å². The molecule has 1 rings (SSSR count). The number of hydrogen-bond acceptors (Lipinski definition) is 2. The number of carboxylic acids is 1. The monoisotopic (exact) mass is 261 g/mol. The molecule has 16 heavy (non-hydrogen) atoms. The van der Waals surface area contributed by atoms with Crippen LogP contribution in [0, 0.1) is 0 Å². The van der Waals surface area contributed by atoms with Crippen molar-refractivity contribution in [3.8, 4) is 0 Å². The van der Waals surface area contributed by atoms with Crippen LogP contribution in [0.1, 0.15) is 17.3 Å². The zero-order valence-corrected chi connectivity index (χ0v) is 9.84. The van der Waals surface area contributed by atoms with Crippen LogP contribution in [0.25, 0.3) is 0 Å². The first-order valence-corrected chi connectivity index (χ1v) is 5.16. The fourth-order valence-corrected chi connectivity index (χ4v) is 1.38. The number of nitrogens with one attached hydrogen (secondary N) is 1. The fraction of sp³-hybridized carbons (Fsp3) is 0.200. The second-order valence-corrected chi connectivity index (χ2v) is 4.00. The lowest BCUT2D eigenvalue weighted by molar-refractivity contribution is -0.138. The molecule has 1 aromatic rings. The molecule has 2 N–H and O–H groups in total. The average molecular weight is 262 g/mol.